The van der Waals surface area contributed by atoms with Crippen molar-refractivity contribution in [3.05, 3.63) is 32.8 Å². The normalized spacial score (nSPS) is 13.9. The Kier molecular flexibility index (Phi) is 3.48. The molecule has 16 heavy (non-hydrogen) atoms. The largest absolute Gasteiger partial charge is 0.294 e. The molecule has 0 radical (unpaired) electrons. The Morgan fingerprint density at radius 3 is 2.75 bits per heavy atom. The highest BCUT2D eigenvalue weighted by molar-refractivity contribution is 9.10. The van der Waals surface area contributed by atoms with Crippen LogP contribution in [0.3, 0.4) is 0 Å². The molecule has 0 amide bonds. The third kappa shape index (κ3) is 1.95. The van der Waals surface area contributed by atoms with Gasteiger partial charge in [-0.3, -0.25) is 4.79 Å². The van der Waals surface area contributed by atoms with Crippen molar-refractivity contribution < 1.29 is 4.79 Å². The van der Waals surface area contributed by atoms with E-state index >= 15 is 0 Å². The minimum absolute atomic E-state index is 0.307. The molecule has 0 bridgehead atoms. The fraction of sp³-hybridized carbons (Fsp3) is 0.500. The van der Waals surface area contributed by atoms with E-state index in [1.807, 2.05) is 6.07 Å². The number of hydrogen-bond donors (Lipinski definition) is 0. The van der Waals surface area contributed by atoms with Crippen LogP contribution in [0.25, 0.3) is 0 Å². The average molecular weight is 281 g/mol. The van der Waals surface area contributed by atoms with Crippen molar-refractivity contribution in [3.8, 4) is 0 Å². The molecule has 0 heterocycles. The van der Waals surface area contributed by atoms with Crippen molar-refractivity contribution in [1.82, 2.24) is 0 Å². The Morgan fingerprint density at radius 2 is 2.06 bits per heavy atom. The van der Waals surface area contributed by atoms with Gasteiger partial charge in [0, 0.05) is 16.5 Å². The topological polar surface area (TPSA) is 17.1 Å². The molecule has 1 aliphatic carbocycles. The SMILES string of the molecule is CCCC(=O)c1cc(Br)c(C)c2c1CCC2. The van der Waals surface area contributed by atoms with Crippen LogP contribution in [0.15, 0.2) is 10.5 Å². The number of benzene rings is 1. The Morgan fingerprint density at radius 1 is 1.38 bits per heavy atom. The number of rotatable bonds is 3. The van der Waals surface area contributed by atoms with Crippen LogP contribution in [-0.2, 0) is 12.8 Å². The first-order chi connectivity index (χ1) is 7.65. The summed E-state index contributed by atoms with van der Waals surface area (Å²) >= 11 is 3.57. The number of ketones is 1. The van der Waals surface area contributed by atoms with Gasteiger partial charge in [-0.1, -0.05) is 22.9 Å². The van der Waals surface area contributed by atoms with E-state index in [9.17, 15) is 4.79 Å². The van der Waals surface area contributed by atoms with Crippen LogP contribution >= 0.6 is 15.9 Å². The molecule has 0 unspecified atom stereocenters. The van der Waals surface area contributed by atoms with Gasteiger partial charge in [0.15, 0.2) is 5.78 Å². The van der Waals surface area contributed by atoms with Crippen LogP contribution in [0.1, 0.15) is 53.2 Å². The molecule has 2 heteroatoms. The van der Waals surface area contributed by atoms with E-state index in [0.29, 0.717) is 12.2 Å². The van der Waals surface area contributed by atoms with E-state index < -0.39 is 0 Å². The lowest BCUT2D eigenvalue weighted by molar-refractivity contribution is 0.0981. The molecule has 0 spiro atoms. The lowest BCUT2D eigenvalue weighted by atomic mass is 9.95. The van der Waals surface area contributed by atoms with Crippen molar-refractivity contribution in [2.45, 2.75) is 46.0 Å². The third-order valence-electron chi connectivity index (χ3n) is 3.40. The lowest BCUT2D eigenvalue weighted by Crippen LogP contribution is -2.05. The van der Waals surface area contributed by atoms with E-state index in [4.69, 9.17) is 0 Å². The molecule has 0 saturated heterocycles. The van der Waals surface area contributed by atoms with Gasteiger partial charge in [0.2, 0.25) is 0 Å². The molecular weight excluding hydrogens is 264 g/mol. The second-order valence-electron chi connectivity index (χ2n) is 4.51. The Hall–Kier alpha value is -0.630. The van der Waals surface area contributed by atoms with E-state index in [1.165, 1.54) is 23.1 Å². The summed E-state index contributed by atoms with van der Waals surface area (Å²) in [6, 6.07) is 2.03. The van der Waals surface area contributed by atoms with Crippen LogP contribution in [0.2, 0.25) is 0 Å². The van der Waals surface area contributed by atoms with Gasteiger partial charge >= 0.3 is 0 Å². The average Bonchev–Trinajstić information content (AvgIpc) is 2.72. The van der Waals surface area contributed by atoms with Crippen molar-refractivity contribution in [2.24, 2.45) is 0 Å². The minimum atomic E-state index is 0.307. The highest BCUT2D eigenvalue weighted by atomic mass is 79.9. The Labute approximate surface area is 105 Å². The predicted octanol–water partition coefficient (Wildman–Crippen LogP) is 4.23. The zero-order chi connectivity index (χ0) is 11.7. The van der Waals surface area contributed by atoms with E-state index in [2.05, 4.69) is 29.8 Å². The molecule has 0 N–H and O–H groups in total. The fourth-order valence-electron chi connectivity index (χ4n) is 2.53. The van der Waals surface area contributed by atoms with Crippen molar-refractivity contribution in [3.63, 3.8) is 0 Å². The number of carbonyl (C=O) groups excluding carboxylic acids is 1. The summed E-state index contributed by atoms with van der Waals surface area (Å²) in [6.45, 7) is 4.20. The molecule has 0 atom stereocenters. The van der Waals surface area contributed by atoms with Gasteiger partial charge in [-0.25, -0.2) is 0 Å². The van der Waals surface area contributed by atoms with Crippen LogP contribution < -0.4 is 0 Å². The zero-order valence-corrected chi connectivity index (χ0v) is 11.5. The summed E-state index contributed by atoms with van der Waals surface area (Å²) in [7, 11) is 0. The van der Waals surface area contributed by atoms with Gasteiger partial charge in [0.1, 0.15) is 0 Å². The summed E-state index contributed by atoms with van der Waals surface area (Å²) in [5, 5.41) is 0. The predicted molar refractivity (Wildman–Crippen MR) is 70.1 cm³/mol. The minimum Gasteiger partial charge on any atom is -0.294 e. The highest BCUT2D eigenvalue weighted by Gasteiger charge is 2.21. The highest BCUT2D eigenvalue weighted by Crippen LogP contribution is 2.33. The van der Waals surface area contributed by atoms with Crippen molar-refractivity contribution in [1.29, 1.82) is 0 Å². The molecule has 86 valence electrons. The first kappa shape index (κ1) is 11.8. The Bertz CT molecular complexity index is 435. The molecule has 1 aliphatic rings. The maximum Gasteiger partial charge on any atom is 0.163 e. The van der Waals surface area contributed by atoms with Crippen LogP contribution in [-0.4, -0.2) is 5.78 Å². The van der Waals surface area contributed by atoms with E-state index in [-0.39, 0.29) is 0 Å². The van der Waals surface area contributed by atoms with Gasteiger partial charge in [-0.15, -0.1) is 0 Å². The second-order valence-corrected chi connectivity index (χ2v) is 5.37. The molecule has 0 aromatic heterocycles. The number of hydrogen-bond acceptors (Lipinski definition) is 1. The Balaban J connectivity index is 2.51. The zero-order valence-electron chi connectivity index (χ0n) is 9.90. The van der Waals surface area contributed by atoms with Gasteiger partial charge in [0.05, 0.1) is 0 Å². The number of Topliss-reactive ketones (excluding diaryl/α,β-unsaturated/α-hetero) is 1. The van der Waals surface area contributed by atoms with Crippen LogP contribution in [0.4, 0.5) is 0 Å². The van der Waals surface area contributed by atoms with Gasteiger partial charge in [-0.05, 0) is 55.4 Å². The summed E-state index contributed by atoms with van der Waals surface area (Å²) in [6.07, 6.45) is 5.00. The first-order valence-corrected chi connectivity index (χ1v) is 6.78. The fourth-order valence-corrected chi connectivity index (χ4v) is 3.00. The molecule has 2 rings (SSSR count). The maximum absolute atomic E-state index is 12.0. The van der Waals surface area contributed by atoms with Crippen molar-refractivity contribution in [2.75, 3.05) is 0 Å². The molecule has 1 aromatic carbocycles. The molecule has 0 fully saturated rings. The lowest BCUT2D eigenvalue weighted by Gasteiger charge is -2.12. The van der Waals surface area contributed by atoms with Crippen LogP contribution in [0, 0.1) is 6.92 Å². The molecule has 1 nitrogen and oxygen atoms in total. The van der Waals surface area contributed by atoms with Crippen LogP contribution in [0.5, 0.6) is 0 Å². The first-order valence-electron chi connectivity index (χ1n) is 5.99. The summed E-state index contributed by atoms with van der Waals surface area (Å²) < 4.78 is 1.09. The third-order valence-corrected chi connectivity index (χ3v) is 4.23. The monoisotopic (exact) mass is 280 g/mol. The molecular formula is C14H17BrO. The standard InChI is InChI=1S/C14H17BrO/c1-3-5-14(16)12-8-13(15)9(2)10-6-4-7-11(10)12/h8H,3-7H2,1-2H3. The smallest absolute Gasteiger partial charge is 0.163 e. The number of halogens is 1. The summed E-state index contributed by atoms with van der Waals surface area (Å²) in [5.74, 6) is 0.307. The van der Waals surface area contributed by atoms with E-state index in [0.717, 1.165) is 29.3 Å². The van der Waals surface area contributed by atoms with E-state index in [1.54, 1.807) is 0 Å². The second kappa shape index (κ2) is 4.70. The van der Waals surface area contributed by atoms with Gasteiger partial charge < -0.3 is 0 Å². The molecule has 0 aliphatic heterocycles. The number of carbonyl (C=O) groups is 1. The molecule has 0 saturated carbocycles. The van der Waals surface area contributed by atoms with Gasteiger partial charge in [-0.2, -0.15) is 0 Å². The van der Waals surface area contributed by atoms with Crippen molar-refractivity contribution >= 4 is 21.7 Å². The summed E-state index contributed by atoms with van der Waals surface area (Å²) in [4.78, 5) is 12.0. The maximum atomic E-state index is 12.0. The summed E-state index contributed by atoms with van der Waals surface area (Å²) in [5.41, 5.74) is 5.01. The quantitative estimate of drug-likeness (QED) is 0.758. The van der Waals surface area contributed by atoms with Gasteiger partial charge in [0.25, 0.3) is 0 Å². The number of fused-ring (bicyclic) bond motifs is 1. The molecule has 1 aromatic rings.